The van der Waals surface area contributed by atoms with Crippen LogP contribution in [0.1, 0.15) is 11.1 Å². The second kappa shape index (κ2) is 4.35. The molecule has 0 saturated heterocycles. The lowest BCUT2D eigenvalue weighted by Gasteiger charge is -2.08. The number of hydrogen-bond donors (Lipinski definition) is 1. The zero-order valence-corrected chi connectivity index (χ0v) is 10.8. The van der Waals surface area contributed by atoms with Gasteiger partial charge < -0.3 is 5.73 Å². The van der Waals surface area contributed by atoms with Crippen LogP contribution in [0, 0.1) is 24.1 Å². The SMILES string of the molecule is Cc1cc(-n2c(N)nc3ccc(C#N)cc32)ccc1F. The number of anilines is 1. The summed E-state index contributed by atoms with van der Waals surface area (Å²) in [6.45, 7) is 1.69. The standard InChI is InChI=1S/C15H11FN4/c1-9-6-11(3-4-12(9)16)20-14-7-10(8-17)2-5-13(14)19-15(20)18/h2-7H,1H3,(H2,18,19). The fourth-order valence-corrected chi connectivity index (χ4v) is 2.20. The van der Waals surface area contributed by atoms with Gasteiger partial charge in [-0.15, -0.1) is 0 Å². The molecule has 0 spiro atoms. The fraction of sp³-hybridized carbons (Fsp3) is 0.0667. The Kier molecular flexibility index (Phi) is 2.65. The molecule has 0 aliphatic heterocycles. The minimum atomic E-state index is -0.269. The molecular weight excluding hydrogens is 255 g/mol. The third-order valence-corrected chi connectivity index (χ3v) is 3.21. The average Bonchev–Trinajstić information content (AvgIpc) is 2.77. The van der Waals surface area contributed by atoms with Crippen LogP contribution in [0.2, 0.25) is 0 Å². The maximum Gasteiger partial charge on any atom is 0.205 e. The molecule has 2 N–H and O–H groups in total. The first-order chi connectivity index (χ1) is 9.60. The summed E-state index contributed by atoms with van der Waals surface area (Å²) in [5.41, 5.74) is 9.14. The van der Waals surface area contributed by atoms with Crippen LogP contribution in [-0.4, -0.2) is 9.55 Å². The number of benzene rings is 2. The number of aryl methyl sites for hydroxylation is 1. The van der Waals surface area contributed by atoms with E-state index in [0.29, 0.717) is 22.6 Å². The zero-order chi connectivity index (χ0) is 14.3. The first kappa shape index (κ1) is 12.2. The van der Waals surface area contributed by atoms with Crippen LogP contribution < -0.4 is 5.73 Å². The van der Waals surface area contributed by atoms with Crippen molar-refractivity contribution in [2.45, 2.75) is 6.92 Å². The highest BCUT2D eigenvalue weighted by Gasteiger charge is 2.11. The van der Waals surface area contributed by atoms with Gasteiger partial charge in [0.15, 0.2) is 0 Å². The summed E-state index contributed by atoms with van der Waals surface area (Å²) in [7, 11) is 0. The topological polar surface area (TPSA) is 67.6 Å². The van der Waals surface area contributed by atoms with Crippen molar-refractivity contribution < 1.29 is 4.39 Å². The first-order valence-corrected chi connectivity index (χ1v) is 6.05. The second-order valence-electron chi connectivity index (χ2n) is 4.55. The summed E-state index contributed by atoms with van der Waals surface area (Å²) >= 11 is 0. The molecule has 0 atom stereocenters. The van der Waals surface area contributed by atoms with E-state index in [0.717, 1.165) is 11.2 Å². The van der Waals surface area contributed by atoms with Crippen molar-refractivity contribution in [1.82, 2.24) is 9.55 Å². The van der Waals surface area contributed by atoms with E-state index in [1.807, 2.05) is 0 Å². The van der Waals surface area contributed by atoms with Crippen LogP contribution in [-0.2, 0) is 0 Å². The lowest BCUT2D eigenvalue weighted by molar-refractivity contribution is 0.618. The molecule has 3 rings (SSSR count). The second-order valence-corrected chi connectivity index (χ2v) is 4.55. The highest BCUT2D eigenvalue weighted by atomic mass is 19.1. The van der Waals surface area contributed by atoms with Gasteiger partial charge in [-0.2, -0.15) is 5.26 Å². The van der Waals surface area contributed by atoms with Gasteiger partial charge in [0.2, 0.25) is 5.95 Å². The Labute approximate surface area is 114 Å². The molecule has 2 aromatic carbocycles. The Morgan fingerprint density at radius 2 is 2.05 bits per heavy atom. The van der Waals surface area contributed by atoms with Gasteiger partial charge in [0.05, 0.1) is 22.7 Å². The summed E-state index contributed by atoms with van der Waals surface area (Å²) < 4.78 is 15.1. The smallest absolute Gasteiger partial charge is 0.205 e. The minimum absolute atomic E-state index is 0.269. The maximum absolute atomic E-state index is 13.4. The van der Waals surface area contributed by atoms with E-state index in [-0.39, 0.29) is 5.82 Å². The predicted octanol–water partition coefficient (Wildman–Crippen LogP) is 2.93. The largest absolute Gasteiger partial charge is 0.369 e. The van der Waals surface area contributed by atoms with E-state index < -0.39 is 0 Å². The molecule has 0 amide bonds. The molecule has 0 bridgehead atoms. The lowest BCUT2D eigenvalue weighted by atomic mass is 10.2. The Hall–Kier alpha value is -2.87. The van der Waals surface area contributed by atoms with Crippen LogP contribution in [0.4, 0.5) is 10.3 Å². The number of nitriles is 1. The molecule has 1 aromatic heterocycles. The minimum Gasteiger partial charge on any atom is -0.369 e. The summed E-state index contributed by atoms with van der Waals surface area (Å²) in [5.74, 6) is 0.0376. The predicted molar refractivity (Wildman–Crippen MR) is 74.9 cm³/mol. The summed E-state index contributed by atoms with van der Waals surface area (Å²) in [5, 5.41) is 8.99. The van der Waals surface area contributed by atoms with Gasteiger partial charge in [-0.1, -0.05) is 0 Å². The Balaban J connectivity index is 2.32. The van der Waals surface area contributed by atoms with Gasteiger partial charge in [0, 0.05) is 5.69 Å². The molecule has 0 saturated carbocycles. The third kappa shape index (κ3) is 1.79. The molecule has 0 radical (unpaired) electrons. The van der Waals surface area contributed by atoms with E-state index in [9.17, 15) is 4.39 Å². The molecule has 0 aliphatic rings. The Morgan fingerprint density at radius 1 is 1.25 bits per heavy atom. The van der Waals surface area contributed by atoms with Crippen molar-refractivity contribution in [3.05, 3.63) is 53.3 Å². The first-order valence-electron chi connectivity index (χ1n) is 6.05. The fourth-order valence-electron chi connectivity index (χ4n) is 2.20. The molecule has 1 heterocycles. The molecule has 5 heteroatoms. The van der Waals surface area contributed by atoms with E-state index in [2.05, 4.69) is 11.1 Å². The lowest BCUT2D eigenvalue weighted by Crippen LogP contribution is -2.01. The third-order valence-electron chi connectivity index (χ3n) is 3.21. The molecule has 0 fully saturated rings. The molecule has 4 nitrogen and oxygen atoms in total. The number of nitrogens with zero attached hydrogens (tertiary/aromatic N) is 3. The average molecular weight is 266 g/mol. The molecule has 98 valence electrons. The van der Waals surface area contributed by atoms with Crippen molar-refractivity contribution >= 4 is 17.0 Å². The summed E-state index contributed by atoms with van der Waals surface area (Å²) in [6.07, 6.45) is 0. The van der Waals surface area contributed by atoms with Crippen LogP contribution in [0.5, 0.6) is 0 Å². The van der Waals surface area contributed by atoms with Crippen LogP contribution in [0.3, 0.4) is 0 Å². The molecule has 0 unspecified atom stereocenters. The molecule has 20 heavy (non-hydrogen) atoms. The monoisotopic (exact) mass is 266 g/mol. The summed E-state index contributed by atoms with van der Waals surface area (Å²) in [4.78, 5) is 4.25. The zero-order valence-electron chi connectivity index (χ0n) is 10.8. The number of halogens is 1. The van der Waals surface area contributed by atoms with Gasteiger partial charge in [0.25, 0.3) is 0 Å². The van der Waals surface area contributed by atoms with E-state index in [1.165, 1.54) is 6.07 Å². The number of rotatable bonds is 1. The number of nitrogen functional groups attached to an aromatic ring is 1. The van der Waals surface area contributed by atoms with Crippen molar-refractivity contribution in [3.63, 3.8) is 0 Å². The number of imidazole rings is 1. The molecule has 0 aliphatic carbocycles. The van der Waals surface area contributed by atoms with Crippen LogP contribution >= 0.6 is 0 Å². The van der Waals surface area contributed by atoms with E-state index in [4.69, 9.17) is 11.0 Å². The van der Waals surface area contributed by atoms with Crippen molar-refractivity contribution in [2.75, 3.05) is 5.73 Å². The number of nitrogens with two attached hydrogens (primary N) is 1. The normalized spacial score (nSPS) is 10.7. The molecular formula is C15H11FN4. The van der Waals surface area contributed by atoms with Crippen molar-refractivity contribution in [2.24, 2.45) is 0 Å². The van der Waals surface area contributed by atoms with Gasteiger partial charge in [-0.05, 0) is 48.9 Å². The highest BCUT2D eigenvalue weighted by Crippen LogP contribution is 2.25. The number of hydrogen-bond acceptors (Lipinski definition) is 3. The summed E-state index contributed by atoms with van der Waals surface area (Å²) in [6, 6.07) is 12.0. The Bertz CT molecular complexity index is 858. The highest BCUT2D eigenvalue weighted by molar-refractivity contribution is 5.82. The number of fused-ring (bicyclic) bond motifs is 1. The van der Waals surface area contributed by atoms with Crippen molar-refractivity contribution in [3.8, 4) is 11.8 Å². The number of aromatic nitrogens is 2. The van der Waals surface area contributed by atoms with Crippen LogP contribution in [0.15, 0.2) is 36.4 Å². The van der Waals surface area contributed by atoms with Crippen LogP contribution in [0.25, 0.3) is 16.7 Å². The maximum atomic E-state index is 13.4. The van der Waals surface area contributed by atoms with Gasteiger partial charge in [-0.3, -0.25) is 4.57 Å². The Morgan fingerprint density at radius 3 is 2.75 bits per heavy atom. The quantitative estimate of drug-likeness (QED) is 0.736. The van der Waals surface area contributed by atoms with Gasteiger partial charge in [0.1, 0.15) is 5.82 Å². The van der Waals surface area contributed by atoms with E-state index >= 15 is 0 Å². The van der Waals surface area contributed by atoms with E-state index in [1.54, 1.807) is 41.8 Å². The van der Waals surface area contributed by atoms with Gasteiger partial charge in [-0.25, -0.2) is 9.37 Å². The van der Waals surface area contributed by atoms with Crippen molar-refractivity contribution in [1.29, 1.82) is 5.26 Å². The molecule has 3 aromatic rings. The van der Waals surface area contributed by atoms with Gasteiger partial charge >= 0.3 is 0 Å².